The van der Waals surface area contributed by atoms with Crippen molar-refractivity contribution in [2.24, 2.45) is 0 Å². The van der Waals surface area contributed by atoms with E-state index in [2.05, 4.69) is 30.7 Å². The molecule has 10 nitrogen and oxygen atoms in total. The zero-order valence-corrected chi connectivity index (χ0v) is 19.0. The molecule has 0 radical (unpaired) electrons. The van der Waals surface area contributed by atoms with Crippen molar-refractivity contribution in [1.82, 2.24) is 34.0 Å². The van der Waals surface area contributed by atoms with E-state index in [9.17, 15) is 8.42 Å². The summed E-state index contributed by atoms with van der Waals surface area (Å²) in [6.45, 7) is 1.95. The highest BCUT2D eigenvalue weighted by atomic mass is 32.2. The van der Waals surface area contributed by atoms with Gasteiger partial charge in [0.05, 0.1) is 23.4 Å². The smallest absolute Gasteiger partial charge is 0.271 e. The Morgan fingerprint density at radius 1 is 1.00 bits per heavy atom. The summed E-state index contributed by atoms with van der Waals surface area (Å²) < 4.78 is 30.3. The predicted octanol–water partition coefficient (Wildman–Crippen LogP) is 3.08. The van der Waals surface area contributed by atoms with Crippen LogP contribution >= 0.6 is 0 Å². The topological polar surface area (TPSA) is 120 Å². The molecule has 1 fully saturated rings. The second-order valence-corrected chi connectivity index (χ2v) is 10.0. The first-order chi connectivity index (χ1) is 16.6. The van der Waals surface area contributed by atoms with Gasteiger partial charge in [0.1, 0.15) is 4.90 Å². The van der Waals surface area contributed by atoms with Crippen molar-refractivity contribution in [2.75, 3.05) is 18.4 Å². The van der Waals surface area contributed by atoms with E-state index < -0.39 is 10.0 Å². The Balaban J connectivity index is 1.35. The second-order valence-electron chi connectivity index (χ2n) is 8.24. The van der Waals surface area contributed by atoms with Crippen molar-refractivity contribution < 1.29 is 8.42 Å². The van der Waals surface area contributed by atoms with E-state index in [4.69, 9.17) is 0 Å². The molecule has 0 saturated carbocycles. The number of hydrogen-bond donors (Lipinski definition) is 2. The Morgan fingerprint density at radius 2 is 1.85 bits per heavy atom. The number of aromatic nitrogens is 6. The van der Waals surface area contributed by atoms with E-state index in [0.29, 0.717) is 22.9 Å². The maximum absolute atomic E-state index is 13.6. The number of pyridine rings is 1. The molecule has 0 amide bonds. The number of nitrogens with one attached hydrogen (secondary N) is 2. The van der Waals surface area contributed by atoms with Crippen molar-refractivity contribution in [3.63, 3.8) is 0 Å². The maximum Gasteiger partial charge on any atom is 0.271 e. The van der Waals surface area contributed by atoms with Gasteiger partial charge in [0.25, 0.3) is 10.0 Å². The second kappa shape index (κ2) is 8.19. The van der Waals surface area contributed by atoms with Crippen molar-refractivity contribution in [3.8, 4) is 0 Å². The molecule has 34 heavy (non-hydrogen) atoms. The molecule has 172 valence electrons. The Labute approximate surface area is 195 Å². The summed E-state index contributed by atoms with van der Waals surface area (Å²) in [7, 11) is -3.94. The number of piperidine rings is 1. The zero-order valence-electron chi connectivity index (χ0n) is 18.2. The Kier molecular flexibility index (Phi) is 5.00. The molecule has 1 aromatic carbocycles. The van der Waals surface area contributed by atoms with Crippen LogP contribution in [0, 0.1) is 0 Å². The third-order valence-corrected chi connectivity index (χ3v) is 7.76. The summed E-state index contributed by atoms with van der Waals surface area (Å²) in [5.41, 5.74) is 1.46. The summed E-state index contributed by atoms with van der Waals surface area (Å²) in [6.07, 6.45) is 10.4. The van der Waals surface area contributed by atoms with Gasteiger partial charge in [-0.1, -0.05) is 18.2 Å². The van der Waals surface area contributed by atoms with Gasteiger partial charge >= 0.3 is 0 Å². The van der Waals surface area contributed by atoms with Crippen molar-refractivity contribution in [1.29, 1.82) is 0 Å². The van der Waals surface area contributed by atoms with Crippen LogP contribution in [0.15, 0.2) is 72.3 Å². The molecule has 11 heteroatoms. The fraction of sp³-hybridized carbons (Fsp3) is 0.217. The molecule has 5 heterocycles. The maximum atomic E-state index is 13.6. The first kappa shape index (κ1) is 20.8. The molecule has 2 N–H and O–H groups in total. The van der Waals surface area contributed by atoms with E-state index in [1.807, 2.05) is 23.0 Å². The number of fused-ring (bicyclic) bond motifs is 2. The van der Waals surface area contributed by atoms with Gasteiger partial charge in [0.15, 0.2) is 5.65 Å². The average Bonchev–Trinajstić information content (AvgIpc) is 3.51. The minimum Gasteiger partial charge on any atom is -0.321 e. The van der Waals surface area contributed by atoms with Gasteiger partial charge in [-0.3, -0.25) is 9.67 Å². The minimum atomic E-state index is -3.94. The predicted molar refractivity (Wildman–Crippen MR) is 129 cm³/mol. The van der Waals surface area contributed by atoms with Crippen LogP contribution in [0.4, 0.5) is 11.6 Å². The van der Waals surface area contributed by atoms with Crippen LogP contribution in [0.1, 0.15) is 18.9 Å². The average molecular weight is 475 g/mol. The number of para-hydroxylation sites is 1. The van der Waals surface area contributed by atoms with Crippen LogP contribution in [0.5, 0.6) is 0 Å². The highest BCUT2D eigenvalue weighted by molar-refractivity contribution is 7.90. The largest absolute Gasteiger partial charge is 0.321 e. The van der Waals surface area contributed by atoms with E-state index in [0.717, 1.165) is 37.0 Å². The molecule has 4 aromatic heterocycles. The summed E-state index contributed by atoms with van der Waals surface area (Å²) >= 11 is 0. The standard InChI is InChI=1S/C23H22N8O2S/c32-34(33,20-5-1-3-16-4-2-9-25-21(16)20)31-12-8-17-13-26-23(29-22(17)31)28-18-14-27-30(15-18)19-6-10-24-11-7-19/h1-5,8-9,12-15,19,24H,6-7,10-11H2,(H,26,28,29). The Morgan fingerprint density at radius 3 is 2.74 bits per heavy atom. The molecule has 1 aliphatic rings. The molecule has 6 rings (SSSR count). The first-order valence-electron chi connectivity index (χ1n) is 11.0. The van der Waals surface area contributed by atoms with Gasteiger partial charge < -0.3 is 10.6 Å². The SMILES string of the molecule is O=S(=O)(c1cccc2cccnc12)n1ccc2cnc(Nc3cnn(C4CCNCC4)c3)nc21. The molecular formula is C23H22N8O2S. The lowest BCUT2D eigenvalue weighted by molar-refractivity contribution is 0.343. The van der Waals surface area contributed by atoms with Crippen LogP contribution in [0.2, 0.25) is 0 Å². The fourth-order valence-electron chi connectivity index (χ4n) is 4.34. The van der Waals surface area contributed by atoms with Crippen LogP contribution in [-0.2, 0) is 10.0 Å². The fourth-order valence-corrected chi connectivity index (χ4v) is 5.81. The van der Waals surface area contributed by atoms with Gasteiger partial charge in [-0.25, -0.2) is 17.4 Å². The van der Waals surface area contributed by atoms with E-state index in [-0.39, 0.29) is 10.5 Å². The quantitative estimate of drug-likeness (QED) is 0.399. The molecule has 0 atom stereocenters. The third-order valence-electron chi connectivity index (χ3n) is 6.07. The molecule has 0 unspecified atom stereocenters. The Bertz CT molecular complexity index is 1600. The van der Waals surface area contributed by atoms with E-state index in [1.165, 1.54) is 10.2 Å². The molecule has 1 aliphatic heterocycles. The Hall–Kier alpha value is -3.83. The summed E-state index contributed by atoms with van der Waals surface area (Å²) in [6, 6.07) is 10.8. The lowest BCUT2D eigenvalue weighted by atomic mass is 10.1. The van der Waals surface area contributed by atoms with Crippen molar-refractivity contribution in [2.45, 2.75) is 23.8 Å². The van der Waals surface area contributed by atoms with Gasteiger partial charge in [-0.15, -0.1) is 0 Å². The van der Waals surface area contributed by atoms with Crippen molar-refractivity contribution in [3.05, 3.63) is 67.4 Å². The monoisotopic (exact) mass is 474 g/mol. The first-order valence-corrected chi connectivity index (χ1v) is 12.5. The van der Waals surface area contributed by atoms with E-state index >= 15 is 0 Å². The van der Waals surface area contributed by atoms with Gasteiger partial charge in [0, 0.05) is 35.6 Å². The number of nitrogens with zero attached hydrogens (tertiary/aromatic N) is 6. The molecular weight excluding hydrogens is 452 g/mol. The van der Waals surface area contributed by atoms with Crippen LogP contribution in [0.25, 0.3) is 21.9 Å². The summed E-state index contributed by atoms with van der Waals surface area (Å²) in [5, 5.41) is 12.4. The highest BCUT2D eigenvalue weighted by Gasteiger charge is 2.23. The van der Waals surface area contributed by atoms with E-state index in [1.54, 1.807) is 42.9 Å². The van der Waals surface area contributed by atoms with Crippen LogP contribution in [-0.4, -0.2) is 50.2 Å². The molecule has 5 aromatic rings. The normalized spacial score (nSPS) is 15.2. The molecule has 0 aliphatic carbocycles. The van der Waals surface area contributed by atoms with Crippen molar-refractivity contribution >= 4 is 43.6 Å². The number of rotatable bonds is 5. The molecule has 0 bridgehead atoms. The van der Waals surface area contributed by atoms with Gasteiger partial charge in [-0.2, -0.15) is 10.1 Å². The lowest BCUT2D eigenvalue weighted by Crippen LogP contribution is -2.29. The lowest BCUT2D eigenvalue weighted by Gasteiger charge is -2.22. The summed E-state index contributed by atoms with van der Waals surface area (Å²) in [5.74, 6) is 0.295. The van der Waals surface area contributed by atoms with Gasteiger partial charge in [0.2, 0.25) is 5.95 Å². The highest BCUT2D eigenvalue weighted by Crippen LogP contribution is 2.27. The minimum absolute atomic E-state index is 0.125. The number of benzene rings is 1. The zero-order chi connectivity index (χ0) is 23.1. The number of anilines is 2. The third kappa shape index (κ3) is 3.58. The van der Waals surface area contributed by atoms with Crippen LogP contribution < -0.4 is 10.6 Å². The number of hydrogen-bond acceptors (Lipinski definition) is 8. The van der Waals surface area contributed by atoms with Gasteiger partial charge in [-0.05, 0) is 44.1 Å². The summed E-state index contributed by atoms with van der Waals surface area (Å²) in [4.78, 5) is 13.3. The van der Waals surface area contributed by atoms with Crippen LogP contribution in [0.3, 0.4) is 0 Å². The molecule has 1 saturated heterocycles. The molecule has 0 spiro atoms.